The Morgan fingerprint density at radius 1 is 1.11 bits per heavy atom. The summed E-state index contributed by atoms with van der Waals surface area (Å²) >= 11 is 1.50. The van der Waals surface area contributed by atoms with Crippen molar-refractivity contribution in [2.24, 2.45) is 0 Å². The van der Waals surface area contributed by atoms with Crippen molar-refractivity contribution in [3.63, 3.8) is 0 Å². The zero-order valence-electron chi connectivity index (χ0n) is 21.5. The van der Waals surface area contributed by atoms with Crippen LogP contribution < -0.4 is 10.6 Å². The quantitative estimate of drug-likeness (QED) is 0.364. The number of morpholine rings is 1. The summed E-state index contributed by atoms with van der Waals surface area (Å²) in [5, 5.41) is 14.7. The first-order valence-electron chi connectivity index (χ1n) is 12.8. The third-order valence-corrected chi connectivity index (χ3v) is 7.89. The summed E-state index contributed by atoms with van der Waals surface area (Å²) in [6, 6.07) is 2.24. The lowest BCUT2D eigenvalue weighted by molar-refractivity contribution is -0.121. The highest BCUT2D eigenvalue weighted by Gasteiger charge is 2.26. The van der Waals surface area contributed by atoms with Crippen LogP contribution in [0, 0.1) is 6.92 Å². The number of hydrogen-bond acceptors (Lipinski definition) is 8. The van der Waals surface area contributed by atoms with Crippen molar-refractivity contribution in [3.05, 3.63) is 48.3 Å². The molecule has 1 aliphatic carbocycles. The predicted molar refractivity (Wildman–Crippen MR) is 149 cm³/mol. The highest BCUT2D eigenvalue weighted by molar-refractivity contribution is 7.21. The molecular formula is C26H34N8O3S. The summed E-state index contributed by atoms with van der Waals surface area (Å²) in [4.78, 5) is 34.1. The van der Waals surface area contributed by atoms with Gasteiger partial charge in [-0.05, 0) is 39.7 Å². The Morgan fingerprint density at radius 2 is 1.89 bits per heavy atom. The number of carbonyl (C=O) groups is 2. The van der Waals surface area contributed by atoms with Crippen molar-refractivity contribution in [1.82, 2.24) is 29.3 Å². The monoisotopic (exact) mass is 538 g/mol. The maximum Gasteiger partial charge on any atom is 0.260 e. The second-order valence-corrected chi connectivity index (χ2v) is 11.2. The Morgan fingerprint density at radius 3 is 2.66 bits per heavy atom. The molecule has 1 aliphatic heterocycles. The lowest BCUT2D eigenvalue weighted by Crippen LogP contribution is -2.48. The molecule has 2 fully saturated rings. The minimum Gasteiger partial charge on any atom is -0.373 e. The molecule has 2 aliphatic rings. The Bertz CT molecular complexity index is 1500. The molecule has 202 valence electrons. The number of amides is 2. The standard InChI is InChI=1S/C26H30N8O3S.2H2/c1-15-10-32(11-16(2)37-15)14-24(35)30-19-6-22(17(3)27-8-19)31-25(36)21-9-29-34-13-23(38-26(21)34)18-7-28-33(12-18)20-4-5-20;;/h6-9,12-13,15-16,20H,4-5,10-11,14H2,1-3H3,(H,30,35)(H,31,36);2*1H/t15-,16-;;/m0../s1. The first kappa shape index (κ1) is 24.7. The van der Waals surface area contributed by atoms with E-state index < -0.39 is 0 Å². The zero-order chi connectivity index (χ0) is 26.4. The fourth-order valence-electron chi connectivity index (χ4n) is 4.81. The van der Waals surface area contributed by atoms with E-state index in [1.165, 1.54) is 24.2 Å². The van der Waals surface area contributed by atoms with E-state index in [4.69, 9.17) is 4.74 Å². The third kappa shape index (κ3) is 5.19. The number of aryl methyl sites for hydroxylation is 1. The number of rotatable bonds is 7. The van der Waals surface area contributed by atoms with Crippen LogP contribution >= 0.6 is 11.3 Å². The van der Waals surface area contributed by atoms with Gasteiger partial charge in [0, 0.05) is 33.9 Å². The van der Waals surface area contributed by atoms with Gasteiger partial charge in [-0.2, -0.15) is 10.2 Å². The van der Waals surface area contributed by atoms with E-state index in [0.29, 0.717) is 41.8 Å². The Hall–Kier alpha value is -3.61. The molecule has 1 saturated carbocycles. The average Bonchev–Trinajstić information content (AvgIpc) is 3.25. The summed E-state index contributed by atoms with van der Waals surface area (Å²) < 4.78 is 9.47. The number of hydrogen-bond donors (Lipinski definition) is 2. The van der Waals surface area contributed by atoms with E-state index in [9.17, 15) is 9.59 Å². The molecule has 4 aromatic heterocycles. The molecule has 0 spiro atoms. The number of fused-ring (bicyclic) bond motifs is 1. The lowest BCUT2D eigenvalue weighted by atomic mass is 10.2. The summed E-state index contributed by atoms with van der Waals surface area (Å²) in [5.74, 6) is -0.421. The van der Waals surface area contributed by atoms with Crippen LogP contribution in [0.4, 0.5) is 11.4 Å². The number of carbonyl (C=O) groups excluding carboxylic acids is 2. The van der Waals surface area contributed by atoms with Gasteiger partial charge in [0.15, 0.2) is 0 Å². The molecule has 6 rings (SSSR count). The van der Waals surface area contributed by atoms with Crippen LogP contribution in [0.3, 0.4) is 0 Å². The summed E-state index contributed by atoms with van der Waals surface area (Å²) in [5.41, 5.74) is 3.19. The van der Waals surface area contributed by atoms with Gasteiger partial charge in [0.1, 0.15) is 4.83 Å². The number of aromatic nitrogens is 5. The minimum atomic E-state index is -0.285. The number of nitrogens with one attached hydrogen (secondary N) is 2. The number of ether oxygens (including phenoxy) is 1. The molecule has 0 aromatic carbocycles. The summed E-state index contributed by atoms with van der Waals surface area (Å²) in [6.07, 6.45) is 11.5. The Kier molecular flexibility index (Phi) is 6.46. The van der Waals surface area contributed by atoms with Gasteiger partial charge in [-0.1, -0.05) is 0 Å². The van der Waals surface area contributed by atoms with Crippen LogP contribution in [-0.2, 0) is 9.53 Å². The molecule has 0 bridgehead atoms. The van der Waals surface area contributed by atoms with Gasteiger partial charge in [-0.3, -0.25) is 24.2 Å². The van der Waals surface area contributed by atoms with Gasteiger partial charge in [0.05, 0.1) is 70.9 Å². The molecule has 4 aromatic rings. The van der Waals surface area contributed by atoms with E-state index in [1.807, 2.05) is 37.8 Å². The molecule has 0 radical (unpaired) electrons. The maximum atomic E-state index is 13.2. The normalized spacial score (nSPS) is 20.1. The van der Waals surface area contributed by atoms with Crippen LogP contribution in [0.25, 0.3) is 15.3 Å². The fourth-order valence-corrected chi connectivity index (χ4v) is 5.85. The molecule has 11 nitrogen and oxygen atoms in total. The molecular weight excluding hydrogens is 504 g/mol. The lowest BCUT2D eigenvalue weighted by Gasteiger charge is -2.34. The maximum absolute atomic E-state index is 13.2. The largest absolute Gasteiger partial charge is 0.373 e. The molecule has 2 N–H and O–H groups in total. The summed E-state index contributed by atoms with van der Waals surface area (Å²) in [7, 11) is 0. The van der Waals surface area contributed by atoms with Crippen LogP contribution in [0.15, 0.2) is 37.1 Å². The SMILES string of the molecule is Cc1ncc(NC(=O)CN2C[C@H](C)O[C@@H](C)C2)cc1NC(=O)c1cnn2cc(-c3cnn(C4CC4)c3)sc12.[HH].[HH]. The van der Waals surface area contributed by atoms with Gasteiger partial charge in [-0.15, -0.1) is 11.3 Å². The minimum absolute atomic E-state index is 0. The summed E-state index contributed by atoms with van der Waals surface area (Å²) in [6.45, 7) is 7.51. The van der Waals surface area contributed by atoms with Crippen molar-refractivity contribution in [2.45, 2.75) is 51.9 Å². The highest BCUT2D eigenvalue weighted by atomic mass is 32.1. The van der Waals surface area contributed by atoms with Crippen molar-refractivity contribution < 1.29 is 17.2 Å². The molecule has 1 saturated heterocycles. The van der Waals surface area contributed by atoms with Crippen molar-refractivity contribution in [1.29, 1.82) is 0 Å². The van der Waals surface area contributed by atoms with Crippen molar-refractivity contribution in [2.75, 3.05) is 30.3 Å². The van der Waals surface area contributed by atoms with Crippen LogP contribution in [0.2, 0.25) is 0 Å². The third-order valence-electron chi connectivity index (χ3n) is 6.73. The number of pyridine rings is 1. The van der Waals surface area contributed by atoms with E-state index in [-0.39, 0.29) is 33.4 Å². The van der Waals surface area contributed by atoms with Crippen molar-refractivity contribution >= 4 is 39.4 Å². The molecule has 38 heavy (non-hydrogen) atoms. The molecule has 0 unspecified atom stereocenters. The molecule has 5 heterocycles. The molecule has 2 atom stereocenters. The van der Waals surface area contributed by atoms with Crippen LogP contribution in [0.5, 0.6) is 0 Å². The predicted octanol–water partition coefficient (Wildman–Crippen LogP) is 4.09. The number of thiazole rings is 1. The van der Waals surface area contributed by atoms with E-state index in [2.05, 4.69) is 36.9 Å². The zero-order valence-corrected chi connectivity index (χ0v) is 22.4. The van der Waals surface area contributed by atoms with Gasteiger partial charge in [0.25, 0.3) is 5.91 Å². The Labute approximate surface area is 226 Å². The smallest absolute Gasteiger partial charge is 0.260 e. The van der Waals surface area contributed by atoms with Gasteiger partial charge in [-0.25, -0.2) is 4.52 Å². The van der Waals surface area contributed by atoms with Gasteiger partial charge < -0.3 is 15.4 Å². The molecule has 2 amide bonds. The first-order valence-corrected chi connectivity index (χ1v) is 13.6. The fraction of sp³-hybridized carbons (Fsp3) is 0.423. The number of anilines is 2. The van der Waals surface area contributed by atoms with E-state index in [1.54, 1.807) is 23.0 Å². The van der Waals surface area contributed by atoms with E-state index >= 15 is 0 Å². The molecule has 12 heteroatoms. The van der Waals surface area contributed by atoms with Crippen molar-refractivity contribution in [3.8, 4) is 10.4 Å². The highest BCUT2D eigenvalue weighted by Crippen LogP contribution is 2.36. The second kappa shape index (κ2) is 9.93. The van der Waals surface area contributed by atoms with E-state index in [0.717, 1.165) is 15.3 Å². The Balaban J connectivity index is 0.00000185. The van der Waals surface area contributed by atoms with Gasteiger partial charge >= 0.3 is 0 Å². The average molecular weight is 539 g/mol. The van der Waals surface area contributed by atoms with Gasteiger partial charge in [0.2, 0.25) is 5.91 Å². The van der Waals surface area contributed by atoms with Crippen LogP contribution in [-0.4, -0.2) is 72.9 Å². The second-order valence-electron chi connectivity index (χ2n) is 10.2. The topological polar surface area (TPSA) is 119 Å². The number of nitrogens with zero attached hydrogens (tertiary/aromatic N) is 6. The van der Waals surface area contributed by atoms with Crippen LogP contribution in [0.1, 0.15) is 51.6 Å². The first-order chi connectivity index (χ1) is 18.3.